The van der Waals surface area contributed by atoms with Gasteiger partial charge in [0.25, 0.3) is 0 Å². The fourth-order valence-electron chi connectivity index (χ4n) is 4.27. The zero-order valence-electron chi connectivity index (χ0n) is 21.9. The number of amides is 3. The first kappa shape index (κ1) is 30.3. The van der Waals surface area contributed by atoms with E-state index in [9.17, 15) is 14.4 Å². The van der Waals surface area contributed by atoms with E-state index in [1.54, 1.807) is 18.7 Å². The molecule has 2 aromatic rings. The maximum Gasteiger partial charge on any atom is 0.247 e. The van der Waals surface area contributed by atoms with Gasteiger partial charge in [0.1, 0.15) is 6.04 Å². The number of anilines is 1. The first-order valence-corrected chi connectivity index (χ1v) is 12.6. The van der Waals surface area contributed by atoms with Crippen molar-refractivity contribution in [2.24, 2.45) is 5.73 Å². The fraction of sp³-hybridized carbons (Fsp3) is 0.464. The molecule has 0 radical (unpaired) electrons. The molecule has 1 fully saturated rings. The topological polar surface area (TPSA) is 105 Å². The van der Waals surface area contributed by atoms with E-state index in [1.807, 2.05) is 72.5 Å². The lowest BCUT2D eigenvalue weighted by Gasteiger charge is -2.39. The number of nitrogens with one attached hydrogen (secondary N) is 1. The van der Waals surface area contributed by atoms with Crippen molar-refractivity contribution >= 4 is 35.8 Å². The van der Waals surface area contributed by atoms with Crippen LogP contribution in [0.25, 0.3) is 0 Å². The Morgan fingerprint density at radius 3 is 2.16 bits per heavy atom. The lowest BCUT2D eigenvalue weighted by molar-refractivity contribution is -0.140. The third kappa shape index (κ3) is 8.55. The fourth-order valence-corrected chi connectivity index (χ4v) is 4.27. The van der Waals surface area contributed by atoms with Crippen molar-refractivity contribution in [3.8, 4) is 0 Å². The highest BCUT2D eigenvalue weighted by Crippen LogP contribution is 2.25. The van der Waals surface area contributed by atoms with Gasteiger partial charge in [-0.2, -0.15) is 0 Å². The second-order valence-electron chi connectivity index (χ2n) is 9.76. The molecule has 0 aliphatic carbocycles. The van der Waals surface area contributed by atoms with E-state index in [4.69, 9.17) is 10.5 Å². The van der Waals surface area contributed by atoms with Gasteiger partial charge in [0.2, 0.25) is 17.7 Å². The van der Waals surface area contributed by atoms with Gasteiger partial charge < -0.3 is 25.6 Å². The molecule has 3 rings (SSSR count). The third-order valence-corrected chi connectivity index (χ3v) is 6.33. The van der Waals surface area contributed by atoms with Crippen molar-refractivity contribution in [1.29, 1.82) is 0 Å². The smallest absolute Gasteiger partial charge is 0.247 e. The van der Waals surface area contributed by atoms with Crippen LogP contribution in [0.2, 0.25) is 0 Å². The van der Waals surface area contributed by atoms with E-state index >= 15 is 0 Å². The molecule has 8 nitrogen and oxygen atoms in total. The summed E-state index contributed by atoms with van der Waals surface area (Å²) < 4.78 is 5.81. The second-order valence-corrected chi connectivity index (χ2v) is 9.76. The summed E-state index contributed by atoms with van der Waals surface area (Å²) in [5, 5.41) is 2.78. The molecule has 3 amide bonds. The summed E-state index contributed by atoms with van der Waals surface area (Å²) in [6.07, 6.45) is 1.72. The predicted octanol–water partition coefficient (Wildman–Crippen LogP) is 3.28. The van der Waals surface area contributed by atoms with Gasteiger partial charge in [0, 0.05) is 31.2 Å². The molecule has 202 valence electrons. The zero-order valence-corrected chi connectivity index (χ0v) is 22.7. The lowest BCUT2D eigenvalue weighted by Crippen LogP contribution is -2.59. The van der Waals surface area contributed by atoms with E-state index in [-0.39, 0.29) is 36.9 Å². The number of ether oxygens (including phenoxy) is 1. The Labute approximate surface area is 225 Å². The maximum absolute atomic E-state index is 13.4. The first-order chi connectivity index (χ1) is 17.2. The summed E-state index contributed by atoms with van der Waals surface area (Å²) in [7, 11) is 0. The van der Waals surface area contributed by atoms with Crippen molar-refractivity contribution in [3.05, 3.63) is 66.2 Å². The summed E-state index contributed by atoms with van der Waals surface area (Å²) in [5.74, 6) is -0.550. The quantitative estimate of drug-likeness (QED) is 0.490. The standard InChI is InChI=1S/C28H38N4O4.ClH/c1-4-25(33)32(22-13-9-6-10-14-22)23-15-17-31(18-16-23)26(34)24(30-27(35)28(2,3)29)20-36-19-21-11-7-5-8-12-21;/h5-14,23-24H,4,15-20,29H2,1-3H3,(H,30,35);1H. The highest BCUT2D eigenvalue weighted by atomic mass is 35.5. The molecule has 1 heterocycles. The van der Waals surface area contributed by atoms with Gasteiger partial charge in [-0.25, -0.2) is 0 Å². The van der Waals surface area contributed by atoms with Crippen LogP contribution in [0.5, 0.6) is 0 Å². The highest BCUT2D eigenvalue weighted by molar-refractivity contribution is 5.94. The number of para-hydroxylation sites is 1. The highest BCUT2D eigenvalue weighted by Gasteiger charge is 2.34. The largest absolute Gasteiger partial charge is 0.374 e. The number of nitrogens with two attached hydrogens (primary N) is 1. The lowest BCUT2D eigenvalue weighted by atomic mass is 10.0. The van der Waals surface area contributed by atoms with Crippen LogP contribution in [0.15, 0.2) is 60.7 Å². The molecular weight excluding hydrogens is 492 g/mol. The predicted molar refractivity (Wildman–Crippen MR) is 147 cm³/mol. The number of halogens is 1. The van der Waals surface area contributed by atoms with Gasteiger partial charge in [-0.15, -0.1) is 12.4 Å². The van der Waals surface area contributed by atoms with E-state index in [0.29, 0.717) is 39.0 Å². The Hall–Kier alpha value is -2.94. The molecule has 0 saturated carbocycles. The minimum atomic E-state index is -1.12. The molecule has 1 aliphatic heterocycles. The van der Waals surface area contributed by atoms with Crippen molar-refractivity contribution < 1.29 is 19.1 Å². The number of hydrogen-bond donors (Lipinski definition) is 2. The Morgan fingerprint density at radius 1 is 1.05 bits per heavy atom. The second kappa shape index (κ2) is 14.1. The van der Waals surface area contributed by atoms with Gasteiger partial charge in [-0.3, -0.25) is 14.4 Å². The number of hydrogen-bond acceptors (Lipinski definition) is 5. The van der Waals surface area contributed by atoms with Crippen molar-refractivity contribution in [1.82, 2.24) is 10.2 Å². The minimum Gasteiger partial charge on any atom is -0.374 e. The number of carbonyl (C=O) groups excluding carboxylic acids is 3. The minimum absolute atomic E-state index is 0. The van der Waals surface area contributed by atoms with Gasteiger partial charge in [0.05, 0.1) is 18.8 Å². The molecule has 37 heavy (non-hydrogen) atoms. The van der Waals surface area contributed by atoms with Crippen LogP contribution in [0.3, 0.4) is 0 Å². The molecule has 1 atom stereocenters. The molecule has 0 bridgehead atoms. The Balaban J connectivity index is 0.00000481. The number of nitrogens with zero attached hydrogens (tertiary/aromatic N) is 2. The van der Waals surface area contributed by atoms with Crippen LogP contribution >= 0.6 is 12.4 Å². The molecule has 1 unspecified atom stereocenters. The van der Waals surface area contributed by atoms with Gasteiger partial charge in [0.15, 0.2) is 0 Å². The van der Waals surface area contributed by atoms with Crippen LogP contribution in [0.4, 0.5) is 5.69 Å². The summed E-state index contributed by atoms with van der Waals surface area (Å²) in [6.45, 7) is 6.41. The Morgan fingerprint density at radius 2 is 1.62 bits per heavy atom. The van der Waals surface area contributed by atoms with Gasteiger partial charge in [-0.1, -0.05) is 55.5 Å². The zero-order chi connectivity index (χ0) is 26.1. The first-order valence-electron chi connectivity index (χ1n) is 12.6. The van der Waals surface area contributed by atoms with E-state index in [0.717, 1.165) is 11.3 Å². The molecule has 9 heteroatoms. The van der Waals surface area contributed by atoms with Crippen LogP contribution in [-0.4, -0.2) is 59.9 Å². The van der Waals surface area contributed by atoms with Crippen molar-refractivity contribution in [3.63, 3.8) is 0 Å². The summed E-state index contributed by atoms with van der Waals surface area (Å²) in [5.41, 5.74) is 6.69. The molecule has 0 aromatic heterocycles. The number of benzene rings is 2. The summed E-state index contributed by atoms with van der Waals surface area (Å²) in [4.78, 5) is 42.4. The maximum atomic E-state index is 13.4. The molecular formula is C28H39ClN4O4. The van der Waals surface area contributed by atoms with Crippen molar-refractivity contribution in [2.45, 2.75) is 64.3 Å². The van der Waals surface area contributed by atoms with E-state index in [1.165, 1.54) is 0 Å². The van der Waals surface area contributed by atoms with Crippen LogP contribution in [0.1, 0.15) is 45.6 Å². The Kier molecular flexibility index (Phi) is 11.6. The number of piperidine rings is 1. The average molecular weight is 531 g/mol. The molecule has 1 saturated heterocycles. The summed E-state index contributed by atoms with van der Waals surface area (Å²) in [6, 6.07) is 18.5. The Bertz CT molecular complexity index is 1010. The molecule has 2 aromatic carbocycles. The third-order valence-electron chi connectivity index (χ3n) is 6.33. The van der Waals surface area contributed by atoms with Crippen LogP contribution in [0, 0.1) is 0 Å². The SMILES string of the molecule is CCC(=O)N(c1ccccc1)C1CCN(C(=O)C(COCc2ccccc2)NC(=O)C(C)(C)N)CC1.Cl. The average Bonchev–Trinajstić information content (AvgIpc) is 2.88. The van der Waals surface area contributed by atoms with Crippen molar-refractivity contribution in [2.75, 3.05) is 24.6 Å². The van der Waals surface area contributed by atoms with E-state index in [2.05, 4.69) is 5.32 Å². The molecule has 1 aliphatic rings. The van der Waals surface area contributed by atoms with E-state index < -0.39 is 17.5 Å². The molecule has 0 spiro atoms. The number of carbonyl (C=O) groups is 3. The van der Waals surface area contributed by atoms with Crippen LogP contribution < -0.4 is 16.0 Å². The normalized spacial score (nSPS) is 14.9. The number of likely N-dealkylation sites (tertiary alicyclic amines) is 1. The monoisotopic (exact) mass is 530 g/mol. The van der Waals surface area contributed by atoms with Gasteiger partial charge in [-0.05, 0) is 44.4 Å². The molecule has 3 N–H and O–H groups in total. The number of rotatable bonds is 10. The van der Waals surface area contributed by atoms with Crippen LogP contribution in [-0.2, 0) is 25.7 Å². The summed E-state index contributed by atoms with van der Waals surface area (Å²) >= 11 is 0. The van der Waals surface area contributed by atoms with Gasteiger partial charge >= 0.3 is 0 Å².